The fourth-order valence-electron chi connectivity index (χ4n) is 2.56. The smallest absolute Gasteiger partial charge is 0.352 e. The van der Waals surface area contributed by atoms with Crippen LogP contribution >= 0.6 is 0 Å². The third kappa shape index (κ3) is 9.12. The highest BCUT2D eigenvalue weighted by molar-refractivity contribution is 6.01. The number of guanidine groups is 1. The number of nitrogens with zero attached hydrogens (tertiary/aromatic N) is 2. The van der Waals surface area contributed by atoms with Gasteiger partial charge in [0.1, 0.15) is 12.3 Å². The summed E-state index contributed by atoms with van der Waals surface area (Å²) >= 11 is 0. The predicted molar refractivity (Wildman–Crippen MR) is 102 cm³/mol. The molecule has 166 valence electrons. The van der Waals surface area contributed by atoms with Crippen molar-refractivity contribution in [1.29, 1.82) is 0 Å². The predicted octanol–water partition coefficient (Wildman–Crippen LogP) is -2.53. The topological polar surface area (TPSA) is 203 Å². The zero-order valence-corrected chi connectivity index (χ0v) is 16.6. The molecule has 0 spiro atoms. The molecule has 0 aromatic carbocycles. The minimum atomic E-state index is -1.01. The molecule has 0 aromatic rings. The highest BCUT2D eigenvalue weighted by Crippen LogP contribution is 2.13. The molecule has 13 heteroatoms. The van der Waals surface area contributed by atoms with E-state index >= 15 is 0 Å². The van der Waals surface area contributed by atoms with Crippen LogP contribution in [0.2, 0.25) is 0 Å². The monoisotopic (exact) mass is 426 g/mol. The number of ketones is 1. The molecule has 6 N–H and O–H groups in total. The lowest BCUT2D eigenvalue weighted by Crippen LogP contribution is -2.43. The van der Waals surface area contributed by atoms with Gasteiger partial charge in [-0.2, -0.15) is 0 Å². The van der Waals surface area contributed by atoms with Crippen LogP contribution in [0.3, 0.4) is 0 Å². The molecule has 0 saturated carbocycles. The lowest BCUT2D eigenvalue weighted by atomic mass is 9.96. The minimum absolute atomic E-state index is 0.000504. The summed E-state index contributed by atoms with van der Waals surface area (Å²) in [5, 5.41) is 4.95. The molecule has 1 atom stereocenters. The summed E-state index contributed by atoms with van der Waals surface area (Å²) in [5.74, 6) is -4.38. The van der Waals surface area contributed by atoms with Crippen LogP contribution in [0.1, 0.15) is 39.0 Å². The van der Waals surface area contributed by atoms with Crippen molar-refractivity contribution in [1.82, 2.24) is 15.7 Å². The Balaban J connectivity index is 2.38. The van der Waals surface area contributed by atoms with Crippen molar-refractivity contribution in [2.24, 2.45) is 22.4 Å². The van der Waals surface area contributed by atoms with Crippen molar-refractivity contribution < 1.29 is 33.6 Å². The van der Waals surface area contributed by atoms with Crippen LogP contribution in [-0.4, -0.2) is 66.0 Å². The number of hydroxylamine groups is 2. The molecule has 0 aliphatic carbocycles. The van der Waals surface area contributed by atoms with Gasteiger partial charge in [0, 0.05) is 31.7 Å². The second-order valence-electron chi connectivity index (χ2n) is 6.59. The second kappa shape index (κ2) is 12.1. The van der Waals surface area contributed by atoms with Gasteiger partial charge in [0.2, 0.25) is 11.8 Å². The zero-order chi connectivity index (χ0) is 22.7. The van der Waals surface area contributed by atoms with Crippen LogP contribution < -0.4 is 22.1 Å². The van der Waals surface area contributed by atoms with Gasteiger partial charge in [-0.25, -0.2) is 4.79 Å². The first-order valence-corrected chi connectivity index (χ1v) is 9.26. The Morgan fingerprint density at radius 2 is 1.73 bits per heavy atom. The van der Waals surface area contributed by atoms with E-state index in [2.05, 4.69) is 20.5 Å². The van der Waals surface area contributed by atoms with Gasteiger partial charge in [0.05, 0.1) is 6.54 Å². The zero-order valence-electron chi connectivity index (χ0n) is 16.6. The first kappa shape index (κ1) is 24.5. The van der Waals surface area contributed by atoms with E-state index in [1.54, 1.807) is 0 Å². The van der Waals surface area contributed by atoms with Gasteiger partial charge < -0.3 is 31.7 Å². The maximum absolute atomic E-state index is 12.2. The van der Waals surface area contributed by atoms with Gasteiger partial charge in [-0.05, 0) is 19.8 Å². The standard InChI is InChI=1S/C17H26N6O7/c1-10(24)7-11(3-2-6-20-17(18)19)16(29)22-8-12(25)21-9-15(28)30-23-13(26)4-5-14(23)27/h11H,2-9H2,1H3,(H,21,25)(H,22,29)(H4,18,19,20). The molecule has 13 nitrogen and oxygen atoms in total. The third-order valence-electron chi connectivity index (χ3n) is 3.96. The largest absolute Gasteiger partial charge is 0.370 e. The Morgan fingerprint density at radius 1 is 1.10 bits per heavy atom. The normalized spacial score (nSPS) is 14.1. The molecule has 1 fully saturated rings. The Kier molecular flexibility index (Phi) is 9.92. The van der Waals surface area contributed by atoms with Crippen LogP contribution in [0.5, 0.6) is 0 Å². The van der Waals surface area contributed by atoms with Crippen molar-refractivity contribution >= 4 is 41.3 Å². The summed E-state index contributed by atoms with van der Waals surface area (Å²) < 4.78 is 0. The summed E-state index contributed by atoms with van der Waals surface area (Å²) in [7, 11) is 0. The van der Waals surface area contributed by atoms with E-state index in [4.69, 9.17) is 11.5 Å². The highest BCUT2D eigenvalue weighted by Gasteiger charge is 2.32. The van der Waals surface area contributed by atoms with Gasteiger partial charge in [0.15, 0.2) is 5.96 Å². The van der Waals surface area contributed by atoms with E-state index < -0.39 is 48.6 Å². The summed E-state index contributed by atoms with van der Waals surface area (Å²) in [6.07, 6.45) is 0.721. The second-order valence-corrected chi connectivity index (χ2v) is 6.59. The molecule has 4 amide bonds. The fourth-order valence-corrected chi connectivity index (χ4v) is 2.56. The SMILES string of the molecule is CC(=O)CC(CCCN=C(N)N)C(=O)NCC(=O)NCC(=O)ON1C(=O)CCC1=O. The molecule has 1 saturated heterocycles. The van der Waals surface area contributed by atoms with E-state index in [9.17, 15) is 28.8 Å². The van der Waals surface area contributed by atoms with Gasteiger partial charge in [0.25, 0.3) is 11.8 Å². The highest BCUT2D eigenvalue weighted by atomic mass is 16.7. The van der Waals surface area contributed by atoms with Gasteiger partial charge in [-0.1, -0.05) is 0 Å². The van der Waals surface area contributed by atoms with Gasteiger partial charge in [-0.15, -0.1) is 5.06 Å². The Bertz CT molecular complexity index is 716. The number of Topliss-reactive ketones (excluding diaryl/α,β-unsaturated/α-hetero) is 1. The molecule has 1 heterocycles. The first-order valence-electron chi connectivity index (χ1n) is 9.26. The molecule has 30 heavy (non-hydrogen) atoms. The van der Waals surface area contributed by atoms with Crippen LogP contribution in [0.25, 0.3) is 0 Å². The van der Waals surface area contributed by atoms with Crippen molar-refractivity contribution in [2.45, 2.75) is 39.0 Å². The van der Waals surface area contributed by atoms with Crippen molar-refractivity contribution in [3.63, 3.8) is 0 Å². The molecule has 1 aliphatic rings. The quantitative estimate of drug-likeness (QED) is 0.112. The molecule has 0 bridgehead atoms. The van der Waals surface area contributed by atoms with Crippen LogP contribution in [0.15, 0.2) is 4.99 Å². The lowest BCUT2D eigenvalue weighted by Gasteiger charge is -2.15. The Morgan fingerprint density at radius 3 is 2.30 bits per heavy atom. The van der Waals surface area contributed by atoms with E-state index in [0.29, 0.717) is 24.4 Å². The molecule has 1 rings (SSSR count). The van der Waals surface area contributed by atoms with Crippen molar-refractivity contribution in [2.75, 3.05) is 19.6 Å². The molecular formula is C17H26N6O7. The summed E-state index contributed by atoms with van der Waals surface area (Å²) in [6.45, 7) is 0.621. The Labute approximate surface area is 172 Å². The van der Waals surface area contributed by atoms with Crippen molar-refractivity contribution in [3.8, 4) is 0 Å². The van der Waals surface area contributed by atoms with E-state index in [-0.39, 0.29) is 31.0 Å². The summed E-state index contributed by atoms with van der Waals surface area (Å²) in [6, 6.07) is 0. The molecule has 1 aliphatic heterocycles. The number of imide groups is 1. The van der Waals surface area contributed by atoms with E-state index in [1.165, 1.54) is 6.92 Å². The molecule has 0 aromatic heterocycles. The Hall–Kier alpha value is -3.51. The van der Waals surface area contributed by atoms with Crippen molar-refractivity contribution in [3.05, 3.63) is 0 Å². The van der Waals surface area contributed by atoms with Gasteiger partial charge >= 0.3 is 5.97 Å². The lowest BCUT2D eigenvalue weighted by molar-refractivity contribution is -0.196. The molecule has 1 unspecified atom stereocenters. The third-order valence-corrected chi connectivity index (χ3v) is 3.96. The maximum atomic E-state index is 12.2. The number of rotatable bonds is 12. The number of nitrogens with two attached hydrogens (primary N) is 2. The van der Waals surface area contributed by atoms with E-state index in [1.807, 2.05) is 0 Å². The van der Waals surface area contributed by atoms with Crippen LogP contribution in [-0.2, 0) is 33.6 Å². The number of amides is 4. The maximum Gasteiger partial charge on any atom is 0.352 e. The summed E-state index contributed by atoms with van der Waals surface area (Å²) in [4.78, 5) is 78.1. The fraction of sp³-hybridized carbons (Fsp3) is 0.588. The first-order chi connectivity index (χ1) is 14.1. The van der Waals surface area contributed by atoms with Gasteiger partial charge in [-0.3, -0.25) is 24.2 Å². The number of nitrogens with one attached hydrogen (secondary N) is 2. The van der Waals surface area contributed by atoms with Crippen LogP contribution in [0.4, 0.5) is 0 Å². The average Bonchev–Trinajstić information content (AvgIpc) is 2.98. The number of aliphatic imine (C=N–C) groups is 1. The number of carbonyl (C=O) groups is 6. The summed E-state index contributed by atoms with van der Waals surface area (Å²) in [5.41, 5.74) is 10.4. The number of hydrogen-bond acceptors (Lipinski definition) is 8. The number of hydrogen-bond donors (Lipinski definition) is 4. The van der Waals surface area contributed by atoms with Crippen LogP contribution in [0, 0.1) is 5.92 Å². The average molecular weight is 426 g/mol. The van der Waals surface area contributed by atoms with E-state index in [0.717, 1.165) is 0 Å². The minimum Gasteiger partial charge on any atom is -0.370 e. The molecular weight excluding hydrogens is 400 g/mol. The number of carbonyl (C=O) groups excluding carboxylic acids is 6. The molecule has 0 radical (unpaired) electrons.